The zero-order valence-electron chi connectivity index (χ0n) is 9.80. The fraction of sp³-hybridized carbons (Fsp3) is 0.167. The Balaban J connectivity index is 2.41. The van der Waals surface area contributed by atoms with Gasteiger partial charge in [0.25, 0.3) is 5.91 Å². The van der Waals surface area contributed by atoms with Crippen LogP contribution in [-0.4, -0.2) is 15.7 Å². The van der Waals surface area contributed by atoms with Crippen LogP contribution in [0.2, 0.25) is 0 Å². The van der Waals surface area contributed by atoms with Crippen LogP contribution in [0.4, 0.5) is 4.39 Å². The maximum Gasteiger partial charge on any atom is 0.269 e. The van der Waals surface area contributed by atoms with E-state index < -0.39 is 11.7 Å². The molecule has 0 radical (unpaired) electrons. The Labute approximate surface area is 103 Å². The first-order valence-electron chi connectivity index (χ1n) is 5.40. The Morgan fingerprint density at radius 2 is 2.17 bits per heavy atom. The van der Waals surface area contributed by atoms with Gasteiger partial charge >= 0.3 is 0 Å². The molecule has 2 aromatic rings. The minimum absolute atomic E-state index is 0.0886. The van der Waals surface area contributed by atoms with Gasteiger partial charge in [-0.25, -0.2) is 9.07 Å². The quantitative estimate of drug-likeness (QED) is 0.853. The molecular formula is C12H13FN4O. The van der Waals surface area contributed by atoms with Crippen molar-refractivity contribution < 1.29 is 9.18 Å². The molecule has 6 heteroatoms. The first-order valence-corrected chi connectivity index (χ1v) is 5.40. The topological polar surface area (TPSA) is 86.9 Å². The average Bonchev–Trinajstić information content (AvgIpc) is 2.78. The molecule has 0 aliphatic rings. The van der Waals surface area contributed by atoms with Crippen molar-refractivity contribution in [3.8, 4) is 5.69 Å². The number of rotatable bonds is 3. The molecule has 5 nitrogen and oxygen atoms in total. The molecule has 18 heavy (non-hydrogen) atoms. The van der Waals surface area contributed by atoms with E-state index in [4.69, 9.17) is 11.5 Å². The van der Waals surface area contributed by atoms with E-state index in [1.165, 1.54) is 23.0 Å². The van der Waals surface area contributed by atoms with E-state index in [2.05, 4.69) is 5.10 Å². The van der Waals surface area contributed by atoms with Gasteiger partial charge in [0.1, 0.15) is 17.2 Å². The molecule has 1 aromatic carbocycles. The van der Waals surface area contributed by atoms with E-state index in [9.17, 15) is 9.18 Å². The molecule has 1 heterocycles. The highest BCUT2D eigenvalue weighted by Crippen LogP contribution is 2.18. The highest BCUT2D eigenvalue weighted by atomic mass is 19.1. The van der Waals surface area contributed by atoms with Crippen LogP contribution in [0, 0.1) is 5.82 Å². The smallest absolute Gasteiger partial charge is 0.269 e. The van der Waals surface area contributed by atoms with E-state index in [-0.39, 0.29) is 17.4 Å². The van der Waals surface area contributed by atoms with Crippen molar-refractivity contribution in [2.45, 2.75) is 13.0 Å². The Hall–Kier alpha value is -2.21. The van der Waals surface area contributed by atoms with Gasteiger partial charge in [0.05, 0.1) is 0 Å². The zero-order valence-corrected chi connectivity index (χ0v) is 9.80. The van der Waals surface area contributed by atoms with Gasteiger partial charge in [0.2, 0.25) is 0 Å². The highest BCUT2D eigenvalue weighted by Gasteiger charge is 2.11. The minimum Gasteiger partial charge on any atom is -0.364 e. The predicted octanol–water partition coefficient (Wildman–Crippen LogP) is 1.13. The third-order valence-electron chi connectivity index (χ3n) is 2.59. The fourth-order valence-electron chi connectivity index (χ4n) is 1.58. The van der Waals surface area contributed by atoms with Crippen molar-refractivity contribution in [2.75, 3.05) is 0 Å². The molecule has 0 aliphatic carbocycles. The van der Waals surface area contributed by atoms with Crippen molar-refractivity contribution in [3.05, 3.63) is 47.5 Å². The summed E-state index contributed by atoms with van der Waals surface area (Å²) in [5.41, 5.74) is 11.8. The number of nitrogens with two attached hydrogens (primary N) is 2. The molecule has 0 bridgehead atoms. The van der Waals surface area contributed by atoms with Gasteiger partial charge in [-0.1, -0.05) is 6.07 Å². The average molecular weight is 248 g/mol. The van der Waals surface area contributed by atoms with Gasteiger partial charge in [-0.05, 0) is 30.7 Å². The number of halogens is 1. The standard InChI is InChI=1S/C12H13FN4O/c1-7(14)8-2-3-11(9(13)6-8)17-5-4-10(16-17)12(15)18/h2-7H,14H2,1H3,(H2,15,18)/t7-/m1/s1. The van der Waals surface area contributed by atoms with Crippen LogP contribution in [0.25, 0.3) is 5.69 Å². The van der Waals surface area contributed by atoms with Crippen molar-refractivity contribution in [1.29, 1.82) is 0 Å². The van der Waals surface area contributed by atoms with E-state index in [0.717, 1.165) is 0 Å². The number of amides is 1. The lowest BCUT2D eigenvalue weighted by Crippen LogP contribution is -2.12. The van der Waals surface area contributed by atoms with Crippen LogP contribution in [0.15, 0.2) is 30.5 Å². The van der Waals surface area contributed by atoms with E-state index in [1.54, 1.807) is 19.1 Å². The Morgan fingerprint density at radius 1 is 1.44 bits per heavy atom. The Kier molecular flexibility index (Phi) is 3.12. The third-order valence-corrected chi connectivity index (χ3v) is 2.59. The summed E-state index contributed by atoms with van der Waals surface area (Å²) >= 11 is 0. The van der Waals surface area contributed by atoms with Gasteiger partial charge in [-0.2, -0.15) is 5.10 Å². The SMILES string of the molecule is C[C@@H](N)c1ccc(-n2ccc(C(N)=O)n2)c(F)c1. The summed E-state index contributed by atoms with van der Waals surface area (Å²) in [6.07, 6.45) is 1.48. The molecular weight excluding hydrogens is 235 g/mol. The summed E-state index contributed by atoms with van der Waals surface area (Å²) in [4.78, 5) is 10.9. The van der Waals surface area contributed by atoms with Crippen LogP contribution in [0.5, 0.6) is 0 Å². The predicted molar refractivity (Wildman–Crippen MR) is 64.6 cm³/mol. The third kappa shape index (κ3) is 2.23. The molecule has 2 rings (SSSR count). The maximum absolute atomic E-state index is 13.9. The van der Waals surface area contributed by atoms with Gasteiger partial charge in [-0.3, -0.25) is 4.79 Å². The molecule has 1 atom stereocenters. The van der Waals surface area contributed by atoms with Crippen LogP contribution >= 0.6 is 0 Å². The summed E-state index contributed by atoms with van der Waals surface area (Å²) in [6.45, 7) is 1.77. The molecule has 1 amide bonds. The summed E-state index contributed by atoms with van der Waals surface area (Å²) < 4.78 is 15.1. The van der Waals surface area contributed by atoms with E-state index >= 15 is 0 Å². The number of carbonyl (C=O) groups excluding carboxylic acids is 1. The molecule has 0 saturated heterocycles. The van der Waals surface area contributed by atoms with Crippen LogP contribution in [-0.2, 0) is 0 Å². The van der Waals surface area contributed by atoms with E-state index in [1.807, 2.05) is 0 Å². The van der Waals surface area contributed by atoms with Crippen LogP contribution < -0.4 is 11.5 Å². The molecule has 0 spiro atoms. The molecule has 1 aromatic heterocycles. The number of nitrogens with zero attached hydrogens (tertiary/aromatic N) is 2. The van der Waals surface area contributed by atoms with Crippen molar-refractivity contribution >= 4 is 5.91 Å². The summed E-state index contributed by atoms with van der Waals surface area (Å²) in [5.74, 6) is -1.11. The first-order chi connectivity index (χ1) is 8.49. The fourth-order valence-corrected chi connectivity index (χ4v) is 1.58. The number of hydrogen-bond donors (Lipinski definition) is 2. The lowest BCUT2D eigenvalue weighted by molar-refractivity contribution is 0.0995. The molecule has 0 aliphatic heterocycles. The van der Waals surface area contributed by atoms with Gasteiger partial charge in [0, 0.05) is 12.2 Å². The van der Waals surface area contributed by atoms with Crippen molar-refractivity contribution in [3.63, 3.8) is 0 Å². The molecule has 0 fully saturated rings. The summed E-state index contributed by atoms with van der Waals surface area (Å²) in [6, 6.07) is 5.82. The van der Waals surface area contributed by atoms with Gasteiger partial charge in [-0.15, -0.1) is 0 Å². The van der Waals surface area contributed by atoms with Gasteiger partial charge in [0.15, 0.2) is 0 Å². The van der Waals surface area contributed by atoms with Crippen molar-refractivity contribution in [1.82, 2.24) is 9.78 Å². The second kappa shape index (κ2) is 4.58. The first kappa shape index (κ1) is 12.3. The largest absolute Gasteiger partial charge is 0.364 e. The minimum atomic E-state index is -0.652. The Morgan fingerprint density at radius 3 is 2.67 bits per heavy atom. The number of benzene rings is 1. The zero-order chi connectivity index (χ0) is 13.3. The van der Waals surface area contributed by atoms with Gasteiger partial charge < -0.3 is 11.5 Å². The number of primary amides is 1. The monoisotopic (exact) mass is 248 g/mol. The maximum atomic E-state index is 13.9. The summed E-state index contributed by atoms with van der Waals surface area (Å²) in [5, 5.41) is 3.89. The number of hydrogen-bond acceptors (Lipinski definition) is 3. The normalized spacial score (nSPS) is 12.4. The Bertz CT molecular complexity index is 592. The molecule has 94 valence electrons. The number of aromatic nitrogens is 2. The lowest BCUT2D eigenvalue weighted by atomic mass is 10.1. The molecule has 0 saturated carbocycles. The lowest BCUT2D eigenvalue weighted by Gasteiger charge is -2.08. The second-order valence-electron chi connectivity index (χ2n) is 4.01. The van der Waals surface area contributed by atoms with Crippen LogP contribution in [0.3, 0.4) is 0 Å². The van der Waals surface area contributed by atoms with Crippen molar-refractivity contribution in [2.24, 2.45) is 11.5 Å². The highest BCUT2D eigenvalue weighted by molar-refractivity contribution is 5.90. The van der Waals surface area contributed by atoms with E-state index in [0.29, 0.717) is 5.56 Å². The molecule has 4 N–H and O–H groups in total. The number of carbonyl (C=O) groups is 1. The molecule has 0 unspecified atom stereocenters. The van der Waals surface area contributed by atoms with Crippen LogP contribution in [0.1, 0.15) is 29.0 Å². The second-order valence-corrected chi connectivity index (χ2v) is 4.01. The summed E-state index contributed by atoms with van der Waals surface area (Å²) in [7, 11) is 0.